The fourth-order valence-electron chi connectivity index (χ4n) is 3.59. The van der Waals surface area contributed by atoms with E-state index in [0.717, 1.165) is 16.8 Å². The third kappa shape index (κ3) is 6.67. The lowest BCUT2D eigenvalue weighted by atomic mass is 10.1. The average molecular weight is 503 g/mol. The molecule has 184 valence electrons. The summed E-state index contributed by atoms with van der Waals surface area (Å²) in [5.41, 5.74) is 4.75. The summed E-state index contributed by atoms with van der Waals surface area (Å²) in [6, 6.07) is 23.7. The number of aryl methyl sites for hydroxylation is 1. The first kappa shape index (κ1) is 24.9. The molecule has 0 spiro atoms. The van der Waals surface area contributed by atoms with Crippen molar-refractivity contribution in [3.05, 3.63) is 113 Å². The zero-order valence-electron chi connectivity index (χ0n) is 19.8. The quantitative estimate of drug-likeness (QED) is 0.201. The van der Waals surface area contributed by atoms with E-state index in [0.29, 0.717) is 41.6 Å². The Morgan fingerprint density at radius 1 is 0.806 bits per heavy atom. The molecule has 1 heterocycles. The maximum absolute atomic E-state index is 12.8. The van der Waals surface area contributed by atoms with Crippen LogP contribution in [0.3, 0.4) is 0 Å². The minimum atomic E-state index is -0.403. The zero-order chi connectivity index (χ0) is 25.3. The molecule has 36 heavy (non-hydrogen) atoms. The second-order valence-corrected chi connectivity index (χ2v) is 8.61. The summed E-state index contributed by atoms with van der Waals surface area (Å²) in [6.45, 7) is 3.67. The van der Waals surface area contributed by atoms with Gasteiger partial charge in [-0.3, -0.25) is 9.59 Å². The first-order valence-corrected chi connectivity index (χ1v) is 11.9. The highest BCUT2D eigenvalue weighted by Gasteiger charge is 2.15. The molecule has 0 saturated carbocycles. The normalized spacial score (nSPS) is 10.5. The Balaban J connectivity index is 1.44. The SMILES string of the molecule is Cc1ccccc1NCCNc1ccc(C(=O)NCc2ccc(Cl)cc2)cc1NC(=O)c1ccco1. The second kappa shape index (κ2) is 12.0. The fraction of sp³-hybridized carbons (Fsp3) is 0.143. The van der Waals surface area contributed by atoms with Crippen LogP contribution in [0.2, 0.25) is 5.02 Å². The van der Waals surface area contributed by atoms with E-state index < -0.39 is 5.91 Å². The van der Waals surface area contributed by atoms with Crippen LogP contribution < -0.4 is 21.3 Å². The number of para-hydroxylation sites is 1. The molecule has 0 fully saturated rings. The maximum atomic E-state index is 12.8. The molecule has 4 rings (SSSR count). The first-order valence-electron chi connectivity index (χ1n) is 11.5. The molecule has 0 bridgehead atoms. The largest absolute Gasteiger partial charge is 0.459 e. The van der Waals surface area contributed by atoms with Crippen molar-refractivity contribution >= 4 is 40.5 Å². The molecule has 0 aliphatic carbocycles. The fourth-order valence-corrected chi connectivity index (χ4v) is 3.71. The van der Waals surface area contributed by atoms with Gasteiger partial charge in [0.1, 0.15) is 0 Å². The number of rotatable bonds is 10. The molecule has 0 aliphatic rings. The van der Waals surface area contributed by atoms with Crippen molar-refractivity contribution in [3.8, 4) is 0 Å². The van der Waals surface area contributed by atoms with Gasteiger partial charge in [0.15, 0.2) is 5.76 Å². The van der Waals surface area contributed by atoms with E-state index in [1.54, 1.807) is 42.5 Å². The average Bonchev–Trinajstić information content (AvgIpc) is 3.43. The van der Waals surface area contributed by atoms with Gasteiger partial charge in [-0.25, -0.2) is 0 Å². The van der Waals surface area contributed by atoms with Gasteiger partial charge in [-0.2, -0.15) is 0 Å². The number of carbonyl (C=O) groups is 2. The van der Waals surface area contributed by atoms with E-state index in [1.165, 1.54) is 6.26 Å². The lowest BCUT2D eigenvalue weighted by molar-refractivity contribution is 0.0949. The van der Waals surface area contributed by atoms with E-state index in [4.69, 9.17) is 16.0 Å². The van der Waals surface area contributed by atoms with Crippen LogP contribution in [-0.4, -0.2) is 24.9 Å². The highest BCUT2D eigenvalue weighted by atomic mass is 35.5. The van der Waals surface area contributed by atoms with Crippen LogP contribution in [0.4, 0.5) is 17.1 Å². The monoisotopic (exact) mass is 502 g/mol. The lowest BCUT2D eigenvalue weighted by Crippen LogP contribution is -2.23. The molecule has 3 aromatic carbocycles. The van der Waals surface area contributed by atoms with Crippen molar-refractivity contribution in [2.24, 2.45) is 0 Å². The van der Waals surface area contributed by atoms with Gasteiger partial charge in [0.05, 0.1) is 17.6 Å². The number of carbonyl (C=O) groups excluding carboxylic acids is 2. The Bertz CT molecular complexity index is 1320. The Morgan fingerprint density at radius 2 is 1.56 bits per heavy atom. The molecule has 7 nitrogen and oxygen atoms in total. The summed E-state index contributed by atoms with van der Waals surface area (Å²) in [7, 11) is 0. The summed E-state index contributed by atoms with van der Waals surface area (Å²) < 4.78 is 5.21. The van der Waals surface area contributed by atoms with Gasteiger partial charge in [0, 0.05) is 35.9 Å². The third-order valence-corrected chi connectivity index (χ3v) is 5.79. The van der Waals surface area contributed by atoms with Crippen LogP contribution in [0.25, 0.3) is 0 Å². The number of nitrogens with one attached hydrogen (secondary N) is 4. The maximum Gasteiger partial charge on any atom is 0.291 e. The van der Waals surface area contributed by atoms with Gasteiger partial charge in [-0.15, -0.1) is 0 Å². The molecule has 0 saturated heterocycles. The highest BCUT2D eigenvalue weighted by Crippen LogP contribution is 2.24. The van der Waals surface area contributed by atoms with Gasteiger partial charge >= 0.3 is 0 Å². The summed E-state index contributed by atoms with van der Waals surface area (Å²) in [4.78, 5) is 25.5. The minimum absolute atomic E-state index is 0.180. The number of hydrogen-bond donors (Lipinski definition) is 4. The Labute approximate surface area is 214 Å². The van der Waals surface area contributed by atoms with Crippen LogP contribution in [0.5, 0.6) is 0 Å². The Kier molecular flexibility index (Phi) is 8.26. The Morgan fingerprint density at radius 3 is 2.28 bits per heavy atom. The molecule has 0 unspecified atom stereocenters. The molecule has 0 aliphatic heterocycles. The molecule has 8 heteroatoms. The van der Waals surface area contributed by atoms with Crippen LogP contribution in [0.15, 0.2) is 89.5 Å². The van der Waals surface area contributed by atoms with Crippen LogP contribution in [0, 0.1) is 6.92 Å². The third-order valence-electron chi connectivity index (χ3n) is 5.54. The molecule has 0 atom stereocenters. The summed E-state index contributed by atoms with van der Waals surface area (Å²) in [5, 5.41) is 13.1. The van der Waals surface area contributed by atoms with Gasteiger partial charge in [-0.1, -0.05) is 41.9 Å². The summed E-state index contributed by atoms with van der Waals surface area (Å²) in [6.07, 6.45) is 1.44. The molecular formula is C28H27ClN4O3. The van der Waals surface area contributed by atoms with E-state index >= 15 is 0 Å². The van der Waals surface area contributed by atoms with Crippen molar-refractivity contribution in [1.82, 2.24) is 5.32 Å². The highest BCUT2D eigenvalue weighted by molar-refractivity contribution is 6.30. The lowest BCUT2D eigenvalue weighted by Gasteiger charge is -2.15. The van der Waals surface area contributed by atoms with Gasteiger partial charge in [0.2, 0.25) is 0 Å². The van der Waals surface area contributed by atoms with Crippen LogP contribution in [0.1, 0.15) is 32.0 Å². The van der Waals surface area contributed by atoms with E-state index in [2.05, 4.69) is 34.3 Å². The minimum Gasteiger partial charge on any atom is -0.459 e. The van der Waals surface area contributed by atoms with Gasteiger partial charge in [-0.05, 0) is 66.6 Å². The van der Waals surface area contributed by atoms with Crippen LogP contribution >= 0.6 is 11.6 Å². The molecule has 4 N–H and O–H groups in total. The second-order valence-electron chi connectivity index (χ2n) is 8.17. The van der Waals surface area contributed by atoms with E-state index in [-0.39, 0.29) is 11.7 Å². The van der Waals surface area contributed by atoms with Crippen molar-refractivity contribution in [2.45, 2.75) is 13.5 Å². The van der Waals surface area contributed by atoms with E-state index in [9.17, 15) is 9.59 Å². The predicted molar refractivity (Wildman–Crippen MR) is 144 cm³/mol. The number of hydrogen-bond acceptors (Lipinski definition) is 5. The van der Waals surface area contributed by atoms with Crippen LogP contribution in [-0.2, 0) is 6.54 Å². The first-order chi connectivity index (χ1) is 17.5. The zero-order valence-corrected chi connectivity index (χ0v) is 20.6. The smallest absolute Gasteiger partial charge is 0.291 e. The number of benzene rings is 3. The summed E-state index contributed by atoms with van der Waals surface area (Å²) >= 11 is 5.93. The van der Waals surface area contributed by atoms with Gasteiger partial charge < -0.3 is 25.7 Å². The number of furan rings is 1. The van der Waals surface area contributed by atoms with Crippen molar-refractivity contribution < 1.29 is 14.0 Å². The molecule has 4 aromatic rings. The number of amides is 2. The van der Waals surface area contributed by atoms with Crippen molar-refractivity contribution in [2.75, 3.05) is 29.0 Å². The van der Waals surface area contributed by atoms with E-state index in [1.807, 2.05) is 30.3 Å². The molecular weight excluding hydrogens is 476 g/mol. The van der Waals surface area contributed by atoms with Gasteiger partial charge in [0.25, 0.3) is 11.8 Å². The van der Waals surface area contributed by atoms with Crippen molar-refractivity contribution in [3.63, 3.8) is 0 Å². The molecule has 2 amide bonds. The molecule has 1 aromatic heterocycles. The van der Waals surface area contributed by atoms with Crippen molar-refractivity contribution in [1.29, 1.82) is 0 Å². The predicted octanol–water partition coefficient (Wildman–Crippen LogP) is 5.95. The Hall–Kier alpha value is -4.23. The number of anilines is 3. The topological polar surface area (TPSA) is 95.4 Å². The summed E-state index contributed by atoms with van der Waals surface area (Å²) in [5.74, 6) is -0.481. The molecule has 0 radical (unpaired) electrons. The number of halogens is 1. The standard InChI is InChI=1S/C28H27ClN4O3/c1-19-5-2-3-6-23(19)30-14-15-31-24-13-10-21(17-25(24)33-28(35)26-7-4-16-36-26)27(34)32-18-20-8-11-22(29)12-9-20/h2-13,16-17,30-31H,14-15,18H2,1H3,(H,32,34)(H,33,35).